The average molecular weight is 228 g/mol. The Labute approximate surface area is 95.7 Å². The van der Waals surface area contributed by atoms with Crippen LogP contribution in [0.4, 0.5) is 0 Å². The van der Waals surface area contributed by atoms with Gasteiger partial charge < -0.3 is 20.5 Å². The third kappa shape index (κ3) is 2.07. The van der Waals surface area contributed by atoms with Crippen LogP contribution >= 0.6 is 0 Å². The van der Waals surface area contributed by atoms with Gasteiger partial charge in [0.05, 0.1) is 19.8 Å². The van der Waals surface area contributed by atoms with Gasteiger partial charge in [-0.15, -0.1) is 0 Å². The third-order valence-electron chi connectivity index (χ3n) is 3.77. The van der Waals surface area contributed by atoms with E-state index in [4.69, 9.17) is 15.2 Å². The molecule has 1 aliphatic heterocycles. The lowest BCUT2D eigenvalue weighted by atomic mass is 9.63. The number of carbonyl (C=O) groups excluding carboxylic acids is 1. The maximum Gasteiger partial charge on any atom is 0.251 e. The van der Waals surface area contributed by atoms with Gasteiger partial charge in [-0.2, -0.15) is 0 Å². The van der Waals surface area contributed by atoms with E-state index < -0.39 is 6.10 Å². The van der Waals surface area contributed by atoms with Crippen molar-refractivity contribution in [2.75, 3.05) is 19.8 Å². The number of hydrogen-bond acceptors (Lipinski definition) is 4. The van der Waals surface area contributed by atoms with Crippen LogP contribution in [0.2, 0.25) is 0 Å². The summed E-state index contributed by atoms with van der Waals surface area (Å²) in [5.41, 5.74) is 5.87. The highest BCUT2D eigenvalue weighted by molar-refractivity contribution is 5.81. The van der Waals surface area contributed by atoms with E-state index in [1.54, 1.807) is 0 Å². The van der Waals surface area contributed by atoms with E-state index in [0.29, 0.717) is 19.8 Å². The fourth-order valence-corrected chi connectivity index (χ4v) is 2.11. The molecule has 0 aromatic rings. The summed E-state index contributed by atoms with van der Waals surface area (Å²) in [5, 5.41) is 2.98. The molecule has 1 saturated carbocycles. The molecule has 3 unspecified atom stereocenters. The maximum atomic E-state index is 11.8. The Bertz CT molecular complexity index is 274. The zero-order valence-corrected chi connectivity index (χ0v) is 9.86. The first-order valence-corrected chi connectivity index (χ1v) is 5.77. The van der Waals surface area contributed by atoms with Crippen LogP contribution in [0.15, 0.2) is 0 Å². The largest absolute Gasteiger partial charge is 0.376 e. The van der Waals surface area contributed by atoms with Gasteiger partial charge in [-0.05, 0) is 6.42 Å². The van der Waals surface area contributed by atoms with Crippen LogP contribution in [0.5, 0.6) is 0 Å². The highest BCUT2D eigenvalue weighted by Crippen LogP contribution is 2.39. The fourth-order valence-electron chi connectivity index (χ4n) is 2.11. The molecule has 0 spiro atoms. The molecule has 1 amide bonds. The van der Waals surface area contributed by atoms with Crippen LogP contribution in [0.25, 0.3) is 0 Å². The van der Waals surface area contributed by atoms with Gasteiger partial charge in [0.2, 0.25) is 0 Å². The van der Waals surface area contributed by atoms with Crippen LogP contribution in [0.1, 0.15) is 20.3 Å². The number of nitrogens with two attached hydrogens (primary N) is 1. The first kappa shape index (κ1) is 11.8. The Morgan fingerprint density at radius 3 is 2.69 bits per heavy atom. The second-order valence-corrected chi connectivity index (χ2v) is 5.16. The molecule has 5 nitrogen and oxygen atoms in total. The number of nitrogens with one attached hydrogen (secondary N) is 1. The van der Waals surface area contributed by atoms with Crippen molar-refractivity contribution in [3.05, 3.63) is 0 Å². The minimum Gasteiger partial charge on any atom is -0.376 e. The highest BCUT2D eigenvalue weighted by atomic mass is 16.6. The topological polar surface area (TPSA) is 73.6 Å². The molecule has 0 bridgehead atoms. The second kappa shape index (κ2) is 4.31. The van der Waals surface area contributed by atoms with Crippen molar-refractivity contribution in [3.8, 4) is 0 Å². The molecule has 5 heteroatoms. The second-order valence-electron chi connectivity index (χ2n) is 5.16. The summed E-state index contributed by atoms with van der Waals surface area (Å²) in [6.07, 6.45) is 0.383. The van der Waals surface area contributed by atoms with E-state index in [0.717, 1.165) is 6.42 Å². The highest BCUT2D eigenvalue weighted by Gasteiger charge is 2.47. The first-order chi connectivity index (χ1) is 7.51. The quantitative estimate of drug-likeness (QED) is 0.677. The molecule has 2 aliphatic rings. The van der Waals surface area contributed by atoms with Crippen molar-refractivity contribution in [2.45, 2.75) is 38.5 Å². The van der Waals surface area contributed by atoms with Crippen molar-refractivity contribution in [2.24, 2.45) is 11.1 Å². The van der Waals surface area contributed by atoms with Gasteiger partial charge in [-0.3, -0.25) is 4.79 Å². The lowest BCUT2D eigenvalue weighted by Crippen LogP contribution is -2.65. The molecule has 2 fully saturated rings. The number of rotatable bonds is 2. The molecular weight excluding hydrogens is 208 g/mol. The number of amides is 1. The van der Waals surface area contributed by atoms with Crippen LogP contribution in [-0.2, 0) is 14.3 Å². The number of hydrogen-bond donors (Lipinski definition) is 2. The van der Waals surface area contributed by atoms with E-state index in [1.165, 1.54) is 0 Å². The molecular formula is C11H20N2O3. The Balaban J connectivity index is 1.83. The monoisotopic (exact) mass is 228 g/mol. The van der Waals surface area contributed by atoms with Gasteiger partial charge in [-0.1, -0.05) is 13.8 Å². The maximum absolute atomic E-state index is 11.8. The van der Waals surface area contributed by atoms with E-state index in [2.05, 4.69) is 19.2 Å². The molecule has 92 valence electrons. The SMILES string of the molecule is CC1(C)C(N)CC1NC(=O)C1COCCO1. The van der Waals surface area contributed by atoms with Crippen molar-refractivity contribution in [3.63, 3.8) is 0 Å². The third-order valence-corrected chi connectivity index (χ3v) is 3.77. The Kier molecular flexibility index (Phi) is 3.19. The first-order valence-electron chi connectivity index (χ1n) is 5.77. The average Bonchev–Trinajstić information content (AvgIpc) is 2.29. The Morgan fingerprint density at radius 1 is 1.44 bits per heavy atom. The summed E-state index contributed by atoms with van der Waals surface area (Å²) >= 11 is 0. The van der Waals surface area contributed by atoms with Crippen molar-refractivity contribution >= 4 is 5.91 Å². The molecule has 2 rings (SSSR count). The summed E-state index contributed by atoms with van der Waals surface area (Å²) in [7, 11) is 0. The van der Waals surface area contributed by atoms with E-state index >= 15 is 0 Å². The molecule has 0 aromatic carbocycles. The standard InChI is InChI=1S/C11H20N2O3/c1-11(2)8(12)5-9(11)13-10(14)7-6-15-3-4-16-7/h7-9H,3-6,12H2,1-2H3,(H,13,14). The normalized spacial score (nSPS) is 37.6. The van der Waals surface area contributed by atoms with Crippen LogP contribution < -0.4 is 11.1 Å². The van der Waals surface area contributed by atoms with E-state index in [-0.39, 0.29) is 23.4 Å². The Morgan fingerprint density at radius 2 is 2.19 bits per heavy atom. The molecule has 1 heterocycles. The zero-order chi connectivity index (χ0) is 11.8. The zero-order valence-electron chi connectivity index (χ0n) is 9.86. The lowest BCUT2D eigenvalue weighted by molar-refractivity contribution is -0.150. The molecule has 3 N–H and O–H groups in total. The van der Waals surface area contributed by atoms with Crippen LogP contribution in [0, 0.1) is 5.41 Å². The summed E-state index contributed by atoms with van der Waals surface area (Å²) in [6.45, 7) is 5.56. The number of ether oxygens (including phenoxy) is 2. The summed E-state index contributed by atoms with van der Waals surface area (Å²) in [5.74, 6) is -0.0790. The van der Waals surface area contributed by atoms with Gasteiger partial charge >= 0.3 is 0 Å². The predicted molar refractivity (Wildman–Crippen MR) is 58.9 cm³/mol. The van der Waals surface area contributed by atoms with Crippen molar-refractivity contribution < 1.29 is 14.3 Å². The van der Waals surface area contributed by atoms with E-state index in [9.17, 15) is 4.79 Å². The molecule has 1 aliphatic carbocycles. The van der Waals surface area contributed by atoms with Crippen molar-refractivity contribution in [1.29, 1.82) is 0 Å². The van der Waals surface area contributed by atoms with Gasteiger partial charge in [0.1, 0.15) is 0 Å². The van der Waals surface area contributed by atoms with Gasteiger partial charge in [0.15, 0.2) is 6.10 Å². The molecule has 1 saturated heterocycles. The van der Waals surface area contributed by atoms with Crippen LogP contribution in [0.3, 0.4) is 0 Å². The van der Waals surface area contributed by atoms with Crippen LogP contribution in [-0.4, -0.2) is 43.9 Å². The molecule has 16 heavy (non-hydrogen) atoms. The summed E-state index contributed by atoms with van der Waals surface area (Å²) in [4.78, 5) is 11.8. The van der Waals surface area contributed by atoms with Gasteiger partial charge in [0.25, 0.3) is 5.91 Å². The Hall–Kier alpha value is -0.650. The smallest absolute Gasteiger partial charge is 0.251 e. The predicted octanol–water partition coefficient (Wildman–Crippen LogP) is -0.356. The minimum atomic E-state index is -0.457. The van der Waals surface area contributed by atoms with Crippen molar-refractivity contribution in [1.82, 2.24) is 5.32 Å². The summed E-state index contributed by atoms with van der Waals surface area (Å²) in [6, 6.07) is 0.321. The minimum absolute atomic E-state index is 0.0226. The molecule has 0 aromatic heterocycles. The molecule has 3 atom stereocenters. The summed E-state index contributed by atoms with van der Waals surface area (Å²) < 4.78 is 10.5. The molecule has 0 radical (unpaired) electrons. The van der Waals surface area contributed by atoms with Gasteiger partial charge in [-0.25, -0.2) is 0 Å². The number of carbonyl (C=O) groups is 1. The fraction of sp³-hybridized carbons (Fsp3) is 0.909. The van der Waals surface area contributed by atoms with E-state index in [1.807, 2.05) is 0 Å². The van der Waals surface area contributed by atoms with Gasteiger partial charge in [0, 0.05) is 17.5 Å². The lowest BCUT2D eigenvalue weighted by Gasteiger charge is -2.50.